The van der Waals surface area contributed by atoms with Crippen molar-refractivity contribution in [3.8, 4) is 17.1 Å². The molecule has 1 saturated carbocycles. The maximum absolute atomic E-state index is 12.9. The van der Waals surface area contributed by atoms with Crippen molar-refractivity contribution < 1.29 is 18.3 Å². The number of rotatable bonds is 9. The maximum Gasteiger partial charge on any atom is 0.296 e. The Hall–Kier alpha value is -2.83. The minimum Gasteiger partial charge on any atom is -0.493 e. The van der Waals surface area contributed by atoms with E-state index in [2.05, 4.69) is 25.0 Å². The molecule has 0 saturated heterocycles. The smallest absolute Gasteiger partial charge is 0.296 e. The van der Waals surface area contributed by atoms with Gasteiger partial charge in [-0.2, -0.15) is 4.52 Å². The topological polar surface area (TPSA) is 152 Å². The number of hydrogen-bond acceptors (Lipinski definition) is 8. The van der Waals surface area contributed by atoms with Crippen LogP contribution < -0.4 is 15.0 Å². The van der Waals surface area contributed by atoms with E-state index in [-0.39, 0.29) is 28.9 Å². The average Bonchev–Trinajstić information content (AvgIpc) is 3.47. The van der Waals surface area contributed by atoms with Crippen LogP contribution in [0.5, 0.6) is 5.75 Å². The van der Waals surface area contributed by atoms with E-state index in [1.54, 1.807) is 13.8 Å². The van der Waals surface area contributed by atoms with E-state index in [9.17, 15) is 18.3 Å². The molecular weight excluding hydrogens is 448 g/mol. The van der Waals surface area contributed by atoms with Gasteiger partial charge in [-0.25, -0.2) is 13.1 Å². The van der Waals surface area contributed by atoms with Crippen LogP contribution in [-0.4, -0.2) is 57.6 Å². The van der Waals surface area contributed by atoms with Gasteiger partial charge in [-0.3, -0.25) is 4.79 Å². The van der Waals surface area contributed by atoms with Crippen molar-refractivity contribution in [3.63, 3.8) is 0 Å². The predicted octanol–water partition coefficient (Wildman–Crippen LogP) is 1.59. The number of H-pyrrole nitrogens is 1. The zero-order chi connectivity index (χ0) is 23.6. The van der Waals surface area contributed by atoms with E-state index in [1.807, 2.05) is 0 Å². The number of aromatic amines is 1. The van der Waals surface area contributed by atoms with E-state index in [0.717, 1.165) is 25.7 Å². The fourth-order valence-electron chi connectivity index (χ4n) is 4.06. The zero-order valence-electron chi connectivity index (χ0n) is 18.6. The first-order valence-electron chi connectivity index (χ1n) is 11.1. The van der Waals surface area contributed by atoms with Gasteiger partial charge in [-0.15, -0.1) is 15.3 Å². The minimum absolute atomic E-state index is 0.0321. The molecular formula is C21H28N6O5S. The monoisotopic (exact) mass is 476 g/mol. The molecule has 1 atom stereocenters. The first kappa shape index (κ1) is 23.3. The standard InChI is InChI=1S/C21H28N6O5S/c1-3-14(12-28)26-33(30,31)15-9-10-17(32-4-2)16(11-15)18-22-21(29)20-24-23-19(27(20)25-18)13-7-5-6-8-13/h9-11,13-14,26,28H,3-8,12H2,1-2H3,(H,22,25,29). The Morgan fingerprint density at radius 3 is 2.70 bits per heavy atom. The van der Waals surface area contributed by atoms with Gasteiger partial charge in [0.2, 0.25) is 15.7 Å². The van der Waals surface area contributed by atoms with E-state index in [0.29, 0.717) is 30.2 Å². The lowest BCUT2D eigenvalue weighted by Gasteiger charge is -2.16. The van der Waals surface area contributed by atoms with Crippen LogP contribution in [0.25, 0.3) is 17.0 Å². The highest BCUT2D eigenvalue weighted by molar-refractivity contribution is 7.89. The third-order valence-corrected chi connectivity index (χ3v) is 7.39. The SMILES string of the molecule is CCOc1ccc(S(=O)(=O)NC(CC)CO)cc1-c1nn2c(C3CCCC3)nnc2c(=O)[nH]1. The summed E-state index contributed by atoms with van der Waals surface area (Å²) in [5.41, 5.74) is -0.0588. The molecule has 0 bridgehead atoms. The molecule has 1 fully saturated rings. The second kappa shape index (κ2) is 9.57. The number of aliphatic hydroxyl groups is 1. The van der Waals surface area contributed by atoms with Crippen molar-refractivity contribution >= 4 is 15.7 Å². The Kier molecular flexibility index (Phi) is 6.77. The lowest BCUT2D eigenvalue weighted by atomic mass is 10.1. The number of aromatic nitrogens is 5. The van der Waals surface area contributed by atoms with E-state index in [4.69, 9.17) is 4.74 Å². The number of nitrogens with zero attached hydrogens (tertiary/aromatic N) is 4. The van der Waals surface area contributed by atoms with Gasteiger partial charge in [0.15, 0.2) is 11.6 Å². The second-order valence-corrected chi connectivity index (χ2v) is 9.79. The lowest BCUT2D eigenvalue weighted by molar-refractivity contribution is 0.254. The van der Waals surface area contributed by atoms with Crippen molar-refractivity contribution in [2.75, 3.05) is 13.2 Å². The van der Waals surface area contributed by atoms with Gasteiger partial charge in [-0.1, -0.05) is 19.8 Å². The molecule has 2 aromatic heterocycles. The third-order valence-electron chi connectivity index (χ3n) is 5.87. The van der Waals surface area contributed by atoms with Crippen LogP contribution in [-0.2, 0) is 10.0 Å². The first-order chi connectivity index (χ1) is 15.9. The molecule has 2 heterocycles. The molecule has 4 rings (SSSR count). The summed E-state index contributed by atoms with van der Waals surface area (Å²) in [6, 6.07) is 3.74. The molecule has 1 unspecified atom stereocenters. The Balaban J connectivity index is 1.84. The Labute approximate surface area is 191 Å². The molecule has 1 aromatic carbocycles. The molecule has 1 aliphatic carbocycles. The molecule has 0 spiro atoms. The van der Waals surface area contributed by atoms with Gasteiger partial charge in [0.1, 0.15) is 5.75 Å². The number of nitrogens with one attached hydrogen (secondary N) is 2. The van der Waals surface area contributed by atoms with Crippen LogP contribution in [0.4, 0.5) is 0 Å². The number of ether oxygens (including phenoxy) is 1. The Morgan fingerprint density at radius 2 is 2.03 bits per heavy atom. The number of hydrogen-bond donors (Lipinski definition) is 3. The fourth-order valence-corrected chi connectivity index (χ4v) is 5.40. The second-order valence-electron chi connectivity index (χ2n) is 8.08. The largest absolute Gasteiger partial charge is 0.493 e. The molecule has 3 aromatic rings. The van der Waals surface area contributed by atoms with Crippen LogP contribution in [0.1, 0.15) is 57.7 Å². The van der Waals surface area contributed by atoms with Crippen molar-refractivity contribution in [2.24, 2.45) is 0 Å². The van der Waals surface area contributed by atoms with Crippen LogP contribution in [0.3, 0.4) is 0 Å². The number of benzene rings is 1. The zero-order valence-corrected chi connectivity index (χ0v) is 19.4. The summed E-state index contributed by atoms with van der Waals surface area (Å²) in [4.78, 5) is 15.4. The summed E-state index contributed by atoms with van der Waals surface area (Å²) in [7, 11) is -3.93. The van der Waals surface area contributed by atoms with Crippen molar-refractivity contribution in [3.05, 3.63) is 34.4 Å². The molecule has 178 valence electrons. The Morgan fingerprint density at radius 1 is 1.27 bits per heavy atom. The van der Waals surface area contributed by atoms with Gasteiger partial charge in [-0.05, 0) is 44.4 Å². The summed E-state index contributed by atoms with van der Waals surface area (Å²) in [5, 5.41) is 22.2. The summed E-state index contributed by atoms with van der Waals surface area (Å²) >= 11 is 0. The molecule has 12 heteroatoms. The van der Waals surface area contributed by atoms with Crippen LogP contribution in [0, 0.1) is 0 Å². The lowest BCUT2D eigenvalue weighted by Crippen LogP contribution is -2.36. The number of sulfonamides is 1. The normalized spacial score (nSPS) is 15.8. The Bertz CT molecular complexity index is 1290. The summed E-state index contributed by atoms with van der Waals surface area (Å²) in [6.07, 6.45) is 4.52. The van der Waals surface area contributed by atoms with Gasteiger partial charge < -0.3 is 14.8 Å². The molecule has 11 nitrogen and oxygen atoms in total. The van der Waals surface area contributed by atoms with Crippen LogP contribution in [0.2, 0.25) is 0 Å². The van der Waals surface area contributed by atoms with E-state index >= 15 is 0 Å². The molecule has 1 aliphatic rings. The summed E-state index contributed by atoms with van der Waals surface area (Å²) in [6.45, 7) is 3.60. The minimum atomic E-state index is -3.93. The van der Waals surface area contributed by atoms with Gasteiger partial charge in [0, 0.05) is 12.0 Å². The van der Waals surface area contributed by atoms with Crippen molar-refractivity contribution in [1.82, 2.24) is 29.5 Å². The highest BCUT2D eigenvalue weighted by Crippen LogP contribution is 2.34. The maximum atomic E-state index is 12.9. The van der Waals surface area contributed by atoms with E-state index in [1.165, 1.54) is 22.7 Å². The van der Waals surface area contributed by atoms with Gasteiger partial charge >= 0.3 is 0 Å². The van der Waals surface area contributed by atoms with Gasteiger partial charge in [0.25, 0.3) is 5.56 Å². The first-order valence-corrected chi connectivity index (χ1v) is 12.6. The fraction of sp³-hybridized carbons (Fsp3) is 0.524. The van der Waals surface area contributed by atoms with Gasteiger partial charge in [0.05, 0.1) is 23.7 Å². The van der Waals surface area contributed by atoms with E-state index < -0.39 is 21.6 Å². The highest BCUT2D eigenvalue weighted by Gasteiger charge is 2.26. The van der Waals surface area contributed by atoms with Crippen molar-refractivity contribution in [1.29, 1.82) is 0 Å². The van der Waals surface area contributed by atoms with Crippen LogP contribution >= 0.6 is 0 Å². The van der Waals surface area contributed by atoms with Crippen molar-refractivity contribution in [2.45, 2.75) is 62.8 Å². The number of fused-ring (bicyclic) bond motifs is 1. The summed E-state index contributed by atoms with van der Waals surface area (Å²) < 4.78 is 35.4. The molecule has 33 heavy (non-hydrogen) atoms. The van der Waals surface area contributed by atoms with Crippen LogP contribution in [0.15, 0.2) is 27.9 Å². The molecule has 3 N–H and O–H groups in total. The molecule has 0 radical (unpaired) electrons. The predicted molar refractivity (Wildman–Crippen MR) is 121 cm³/mol. The molecule has 0 aliphatic heterocycles. The number of aliphatic hydroxyl groups excluding tert-OH is 1. The highest BCUT2D eigenvalue weighted by atomic mass is 32.2. The third kappa shape index (κ3) is 4.63. The summed E-state index contributed by atoms with van der Waals surface area (Å²) in [5.74, 6) is 1.34. The average molecular weight is 477 g/mol. The quantitative estimate of drug-likeness (QED) is 0.421. The molecule has 0 amide bonds.